The van der Waals surface area contributed by atoms with Crippen LogP contribution >= 0.6 is 0 Å². The molecule has 0 spiro atoms. The molecule has 3 aromatic carbocycles. The molecule has 0 radical (unpaired) electrons. The Kier molecular flexibility index (Phi) is 7.91. The van der Waals surface area contributed by atoms with Crippen LogP contribution in [0.4, 0.5) is 13.2 Å². The van der Waals surface area contributed by atoms with E-state index in [0.717, 1.165) is 43.6 Å². The highest BCUT2D eigenvalue weighted by atomic mass is 19.1. The molecular weight excluding hydrogens is 451 g/mol. The topological polar surface area (TPSA) is 29.5 Å². The zero-order chi connectivity index (χ0) is 24.8. The summed E-state index contributed by atoms with van der Waals surface area (Å²) in [6, 6.07) is 19.3. The van der Waals surface area contributed by atoms with E-state index < -0.39 is 5.60 Å². The van der Waals surface area contributed by atoms with E-state index in [-0.39, 0.29) is 29.3 Å². The number of esters is 1. The molecule has 0 atom stereocenters. The van der Waals surface area contributed by atoms with Gasteiger partial charge in [-0.3, -0.25) is 4.79 Å². The van der Waals surface area contributed by atoms with Crippen molar-refractivity contribution >= 4 is 5.97 Å². The summed E-state index contributed by atoms with van der Waals surface area (Å²) in [7, 11) is 0. The number of carbonyl (C=O) groups is 1. The monoisotopic (exact) mass is 481 g/mol. The lowest BCUT2D eigenvalue weighted by molar-refractivity contribution is -0.164. The first-order valence-electron chi connectivity index (χ1n) is 12.0. The molecule has 1 saturated heterocycles. The minimum absolute atomic E-state index is 0.0356. The van der Waals surface area contributed by atoms with Crippen molar-refractivity contribution in [2.45, 2.75) is 44.1 Å². The molecule has 0 saturated carbocycles. The Morgan fingerprint density at radius 2 is 1.46 bits per heavy atom. The van der Waals surface area contributed by atoms with E-state index >= 15 is 0 Å². The summed E-state index contributed by atoms with van der Waals surface area (Å²) in [4.78, 5) is 14.2. The Labute approximate surface area is 204 Å². The fourth-order valence-electron chi connectivity index (χ4n) is 5.07. The Morgan fingerprint density at radius 3 is 1.97 bits per heavy atom. The van der Waals surface area contributed by atoms with Gasteiger partial charge >= 0.3 is 5.97 Å². The van der Waals surface area contributed by atoms with Crippen molar-refractivity contribution in [2.75, 3.05) is 19.6 Å². The highest BCUT2D eigenvalue weighted by Gasteiger charge is 2.39. The Morgan fingerprint density at radius 1 is 0.886 bits per heavy atom. The SMILES string of the molecule is CC(=O)OC1(c2cccc(F)c2)CCN(CCCC(c2ccc(F)cc2)c2ccc(F)cc2)CC1. The highest BCUT2D eigenvalue weighted by Crippen LogP contribution is 2.38. The molecule has 1 aliphatic heterocycles. The molecule has 1 heterocycles. The molecule has 4 rings (SSSR count). The second-order valence-electron chi connectivity index (χ2n) is 9.24. The molecule has 0 aromatic heterocycles. The molecule has 6 heteroatoms. The summed E-state index contributed by atoms with van der Waals surface area (Å²) < 4.78 is 46.6. The number of hydrogen-bond donors (Lipinski definition) is 0. The summed E-state index contributed by atoms with van der Waals surface area (Å²) in [5.41, 5.74) is 1.88. The maximum atomic E-state index is 13.9. The largest absolute Gasteiger partial charge is 0.454 e. The predicted molar refractivity (Wildman–Crippen MR) is 129 cm³/mol. The van der Waals surface area contributed by atoms with E-state index in [1.807, 2.05) is 6.07 Å². The van der Waals surface area contributed by atoms with Crippen LogP contribution in [0.3, 0.4) is 0 Å². The van der Waals surface area contributed by atoms with Gasteiger partial charge in [0, 0.05) is 38.8 Å². The molecule has 1 fully saturated rings. The Balaban J connectivity index is 1.40. The summed E-state index contributed by atoms with van der Waals surface area (Å²) in [5, 5.41) is 0. The standard InChI is InChI=1S/C29H30F3NO2/c1-21(34)35-29(24-4-2-5-27(32)20-24)15-18-33(19-16-29)17-3-6-28(22-7-11-25(30)12-8-22)23-9-13-26(31)14-10-23/h2,4-5,7-14,20,28H,3,6,15-19H2,1H3. The number of halogens is 3. The first kappa shape index (κ1) is 25.0. The second-order valence-corrected chi connectivity index (χ2v) is 9.24. The van der Waals surface area contributed by atoms with E-state index in [2.05, 4.69) is 4.90 Å². The fourth-order valence-corrected chi connectivity index (χ4v) is 5.07. The van der Waals surface area contributed by atoms with Gasteiger partial charge in [0.1, 0.15) is 23.1 Å². The van der Waals surface area contributed by atoms with Gasteiger partial charge in [-0.05, 0) is 72.5 Å². The zero-order valence-electron chi connectivity index (χ0n) is 19.9. The number of likely N-dealkylation sites (tertiary alicyclic amines) is 1. The van der Waals surface area contributed by atoms with Gasteiger partial charge in [0.05, 0.1) is 0 Å². The number of ether oxygens (including phenoxy) is 1. The van der Waals surface area contributed by atoms with Crippen molar-refractivity contribution in [3.63, 3.8) is 0 Å². The van der Waals surface area contributed by atoms with Crippen molar-refractivity contribution < 1.29 is 22.7 Å². The molecule has 1 aliphatic rings. The average Bonchev–Trinajstić information content (AvgIpc) is 2.84. The van der Waals surface area contributed by atoms with Gasteiger partial charge < -0.3 is 9.64 Å². The van der Waals surface area contributed by atoms with E-state index in [4.69, 9.17) is 4.74 Å². The smallest absolute Gasteiger partial charge is 0.303 e. The van der Waals surface area contributed by atoms with Crippen LogP contribution < -0.4 is 0 Å². The van der Waals surface area contributed by atoms with Crippen LogP contribution in [-0.2, 0) is 15.1 Å². The van der Waals surface area contributed by atoms with Crippen LogP contribution in [0.2, 0.25) is 0 Å². The zero-order valence-corrected chi connectivity index (χ0v) is 19.9. The molecular formula is C29H30F3NO2. The highest BCUT2D eigenvalue weighted by molar-refractivity contribution is 5.67. The van der Waals surface area contributed by atoms with Crippen molar-refractivity contribution in [2.24, 2.45) is 0 Å². The molecule has 0 bridgehead atoms. The lowest BCUT2D eigenvalue weighted by Crippen LogP contribution is -2.45. The molecule has 35 heavy (non-hydrogen) atoms. The van der Waals surface area contributed by atoms with Crippen molar-refractivity contribution in [3.05, 3.63) is 107 Å². The normalized spacial score (nSPS) is 15.8. The van der Waals surface area contributed by atoms with Crippen LogP contribution in [-0.4, -0.2) is 30.5 Å². The predicted octanol–water partition coefficient (Wildman–Crippen LogP) is 6.57. The van der Waals surface area contributed by atoms with Gasteiger partial charge in [0.15, 0.2) is 0 Å². The first-order chi connectivity index (χ1) is 16.8. The maximum absolute atomic E-state index is 13.9. The fraction of sp³-hybridized carbons (Fsp3) is 0.345. The lowest BCUT2D eigenvalue weighted by atomic mass is 9.83. The van der Waals surface area contributed by atoms with Crippen LogP contribution in [0.25, 0.3) is 0 Å². The van der Waals surface area contributed by atoms with E-state index in [9.17, 15) is 18.0 Å². The third-order valence-corrected chi connectivity index (χ3v) is 6.87. The summed E-state index contributed by atoms with van der Waals surface area (Å²) in [5.74, 6) is -1.24. The van der Waals surface area contributed by atoms with Crippen LogP contribution in [0.5, 0.6) is 0 Å². The number of carbonyl (C=O) groups excluding carboxylic acids is 1. The molecule has 3 nitrogen and oxygen atoms in total. The first-order valence-corrected chi connectivity index (χ1v) is 12.0. The molecule has 0 unspecified atom stereocenters. The molecule has 0 aliphatic carbocycles. The number of benzene rings is 3. The van der Waals surface area contributed by atoms with Gasteiger partial charge in [0.25, 0.3) is 0 Å². The van der Waals surface area contributed by atoms with E-state index in [1.165, 1.54) is 43.3 Å². The number of nitrogens with zero attached hydrogens (tertiary/aromatic N) is 1. The van der Waals surface area contributed by atoms with E-state index in [0.29, 0.717) is 18.4 Å². The Bertz CT molecular complexity index is 1080. The van der Waals surface area contributed by atoms with Gasteiger partial charge in [-0.15, -0.1) is 0 Å². The molecule has 0 N–H and O–H groups in total. The minimum Gasteiger partial charge on any atom is -0.454 e. The summed E-state index contributed by atoms with van der Waals surface area (Å²) in [6.45, 7) is 3.68. The third kappa shape index (κ3) is 6.31. The number of piperidine rings is 1. The van der Waals surface area contributed by atoms with Gasteiger partial charge in [0.2, 0.25) is 0 Å². The summed E-state index contributed by atoms with van der Waals surface area (Å²) >= 11 is 0. The minimum atomic E-state index is -0.810. The van der Waals surface area contributed by atoms with Crippen molar-refractivity contribution in [1.82, 2.24) is 4.90 Å². The van der Waals surface area contributed by atoms with Crippen LogP contribution in [0.15, 0.2) is 72.8 Å². The lowest BCUT2D eigenvalue weighted by Gasteiger charge is -2.41. The van der Waals surface area contributed by atoms with Crippen molar-refractivity contribution in [3.8, 4) is 0 Å². The van der Waals surface area contributed by atoms with Gasteiger partial charge in [-0.25, -0.2) is 13.2 Å². The van der Waals surface area contributed by atoms with Gasteiger partial charge in [-0.2, -0.15) is 0 Å². The van der Waals surface area contributed by atoms with Crippen LogP contribution in [0, 0.1) is 17.5 Å². The third-order valence-electron chi connectivity index (χ3n) is 6.87. The second kappa shape index (κ2) is 11.1. The van der Waals surface area contributed by atoms with E-state index in [1.54, 1.807) is 30.3 Å². The molecule has 184 valence electrons. The van der Waals surface area contributed by atoms with Crippen molar-refractivity contribution in [1.29, 1.82) is 0 Å². The average molecular weight is 482 g/mol. The number of rotatable bonds is 8. The molecule has 3 aromatic rings. The number of hydrogen-bond acceptors (Lipinski definition) is 3. The Hall–Kier alpha value is -3.12. The maximum Gasteiger partial charge on any atom is 0.303 e. The summed E-state index contributed by atoms with van der Waals surface area (Å²) in [6.07, 6.45) is 2.90. The van der Waals surface area contributed by atoms with Crippen LogP contribution in [0.1, 0.15) is 55.2 Å². The molecule has 0 amide bonds. The van der Waals surface area contributed by atoms with Gasteiger partial charge in [-0.1, -0.05) is 36.4 Å². The quantitative estimate of drug-likeness (QED) is 0.341.